The summed E-state index contributed by atoms with van der Waals surface area (Å²) in [5, 5.41) is 20.4. The van der Waals surface area contributed by atoms with Crippen molar-refractivity contribution in [3.8, 4) is 17.5 Å². The average Bonchev–Trinajstić information content (AvgIpc) is 3.03. The van der Waals surface area contributed by atoms with Gasteiger partial charge in [-0.2, -0.15) is 5.26 Å². The first kappa shape index (κ1) is 18.8. The highest BCUT2D eigenvalue weighted by Gasteiger charge is 2.20. The lowest BCUT2D eigenvalue weighted by molar-refractivity contribution is -0.115. The van der Waals surface area contributed by atoms with Gasteiger partial charge in [0.05, 0.1) is 16.9 Å². The van der Waals surface area contributed by atoms with E-state index in [-0.39, 0.29) is 5.91 Å². The van der Waals surface area contributed by atoms with E-state index in [0.29, 0.717) is 27.3 Å². The van der Waals surface area contributed by atoms with Gasteiger partial charge in [0, 0.05) is 16.3 Å². The van der Waals surface area contributed by atoms with Gasteiger partial charge in [-0.05, 0) is 49.4 Å². The molecule has 1 amide bonds. The van der Waals surface area contributed by atoms with Crippen molar-refractivity contribution in [2.75, 3.05) is 11.2 Å². The van der Waals surface area contributed by atoms with Crippen LogP contribution in [0, 0.1) is 11.3 Å². The molecule has 3 N–H and O–H groups in total. The number of amides is 1. The standard InChI is InChI=1S/C18H15ClN6OS/c1-11(17(26)22-15-4-2-3-12(9-15)10-20)27-18-24-23-16(25(18)21)13-5-7-14(19)8-6-13/h2-9,11H,21H2,1H3,(H,22,26)/t11-/m0/s1. The summed E-state index contributed by atoms with van der Waals surface area (Å²) in [5.74, 6) is 6.33. The Bertz CT molecular complexity index is 1010. The Labute approximate surface area is 165 Å². The Balaban J connectivity index is 1.70. The molecular weight excluding hydrogens is 384 g/mol. The minimum atomic E-state index is -0.472. The quantitative estimate of drug-likeness (QED) is 0.504. The number of carbonyl (C=O) groups is 1. The summed E-state index contributed by atoms with van der Waals surface area (Å²) in [6, 6.07) is 15.8. The van der Waals surface area contributed by atoms with E-state index in [9.17, 15) is 4.79 Å². The predicted molar refractivity (Wildman–Crippen MR) is 106 cm³/mol. The van der Waals surface area contributed by atoms with Crippen LogP contribution in [0.1, 0.15) is 12.5 Å². The monoisotopic (exact) mass is 398 g/mol. The number of rotatable bonds is 5. The van der Waals surface area contributed by atoms with Crippen LogP contribution in [0.4, 0.5) is 5.69 Å². The maximum Gasteiger partial charge on any atom is 0.237 e. The molecule has 3 rings (SSSR count). The Hall–Kier alpha value is -3.02. The maximum absolute atomic E-state index is 12.4. The van der Waals surface area contributed by atoms with Crippen LogP contribution in [0.3, 0.4) is 0 Å². The molecular formula is C18H15ClN6OS. The molecule has 0 unspecified atom stereocenters. The van der Waals surface area contributed by atoms with E-state index in [2.05, 4.69) is 15.5 Å². The minimum absolute atomic E-state index is 0.230. The third kappa shape index (κ3) is 4.39. The molecule has 0 saturated carbocycles. The van der Waals surface area contributed by atoms with Crippen LogP contribution in [-0.4, -0.2) is 26.0 Å². The average molecular weight is 399 g/mol. The van der Waals surface area contributed by atoms with E-state index in [0.717, 1.165) is 5.56 Å². The van der Waals surface area contributed by atoms with Crippen LogP contribution in [0.5, 0.6) is 0 Å². The fourth-order valence-electron chi connectivity index (χ4n) is 2.28. The molecule has 0 radical (unpaired) electrons. The van der Waals surface area contributed by atoms with Crippen molar-refractivity contribution in [2.24, 2.45) is 0 Å². The lowest BCUT2D eigenvalue weighted by Crippen LogP contribution is -2.23. The Morgan fingerprint density at radius 2 is 2.04 bits per heavy atom. The van der Waals surface area contributed by atoms with Gasteiger partial charge in [-0.25, -0.2) is 4.68 Å². The van der Waals surface area contributed by atoms with Gasteiger partial charge in [-0.3, -0.25) is 4.79 Å². The molecule has 0 aliphatic carbocycles. The second kappa shape index (κ2) is 8.12. The highest BCUT2D eigenvalue weighted by molar-refractivity contribution is 8.00. The molecule has 1 heterocycles. The number of anilines is 1. The van der Waals surface area contributed by atoms with Crippen molar-refractivity contribution >= 4 is 35.0 Å². The van der Waals surface area contributed by atoms with E-state index >= 15 is 0 Å². The molecule has 27 heavy (non-hydrogen) atoms. The van der Waals surface area contributed by atoms with E-state index in [1.807, 2.05) is 6.07 Å². The molecule has 0 fully saturated rings. The SMILES string of the molecule is C[C@H](Sc1nnc(-c2ccc(Cl)cc2)n1N)C(=O)Nc1cccc(C#N)c1. The Morgan fingerprint density at radius 1 is 1.30 bits per heavy atom. The number of thioether (sulfide) groups is 1. The largest absolute Gasteiger partial charge is 0.335 e. The van der Waals surface area contributed by atoms with Crippen molar-refractivity contribution in [1.82, 2.24) is 14.9 Å². The molecule has 1 aromatic heterocycles. The number of nitrogens with zero attached hydrogens (tertiary/aromatic N) is 4. The van der Waals surface area contributed by atoms with Gasteiger partial charge in [-0.15, -0.1) is 10.2 Å². The lowest BCUT2D eigenvalue weighted by Gasteiger charge is -2.11. The minimum Gasteiger partial charge on any atom is -0.335 e. The van der Waals surface area contributed by atoms with Gasteiger partial charge in [0.25, 0.3) is 0 Å². The van der Waals surface area contributed by atoms with Crippen molar-refractivity contribution in [3.05, 3.63) is 59.1 Å². The molecule has 0 aliphatic heterocycles. The number of nitriles is 1. The number of benzene rings is 2. The second-order valence-electron chi connectivity index (χ2n) is 5.63. The molecule has 0 spiro atoms. The highest BCUT2D eigenvalue weighted by Crippen LogP contribution is 2.26. The van der Waals surface area contributed by atoms with Gasteiger partial charge >= 0.3 is 0 Å². The first-order valence-corrected chi connectivity index (χ1v) is 9.18. The molecule has 0 saturated heterocycles. The molecule has 0 bridgehead atoms. The number of nitrogens with two attached hydrogens (primary N) is 1. The van der Waals surface area contributed by atoms with Crippen LogP contribution >= 0.6 is 23.4 Å². The Kier molecular flexibility index (Phi) is 5.64. The van der Waals surface area contributed by atoms with Crippen LogP contribution in [-0.2, 0) is 4.79 Å². The fourth-order valence-corrected chi connectivity index (χ4v) is 3.17. The van der Waals surface area contributed by atoms with E-state index in [1.165, 1.54) is 16.4 Å². The normalized spacial score (nSPS) is 11.6. The molecule has 3 aromatic rings. The van der Waals surface area contributed by atoms with E-state index in [1.54, 1.807) is 55.5 Å². The molecule has 0 aliphatic rings. The number of halogens is 1. The number of nitrogen functional groups attached to an aromatic ring is 1. The van der Waals surface area contributed by atoms with E-state index in [4.69, 9.17) is 22.7 Å². The predicted octanol–water partition coefficient (Wildman–Crippen LogP) is 3.30. The first-order chi connectivity index (χ1) is 13.0. The topological polar surface area (TPSA) is 110 Å². The van der Waals surface area contributed by atoms with Gasteiger partial charge in [0.1, 0.15) is 0 Å². The van der Waals surface area contributed by atoms with Crippen LogP contribution in [0.15, 0.2) is 53.7 Å². The van der Waals surface area contributed by atoms with Gasteiger partial charge < -0.3 is 11.2 Å². The van der Waals surface area contributed by atoms with Gasteiger partial charge in [0.2, 0.25) is 11.1 Å². The lowest BCUT2D eigenvalue weighted by atomic mass is 10.2. The number of carbonyl (C=O) groups excluding carboxylic acids is 1. The van der Waals surface area contributed by atoms with Crippen molar-refractivity contribution in [3.63, 3.8) is 0 Å². The summed E-state index contributed by atoms with van der Waals surface area (Å²) in [4.78, 5) is 12.4. The maximum atomic E-state index is 12.4. The van der Waals surface area contributed by atoms with E-state index < -0.39 is 5.25 Å². The van der Waals surface area contributed by atoms with Crippen LogP contribution < -0.4 is 11.2 Å². The summed E-state index contributed by atoms with van der Waals surface area (Å²) in [6.07, 6.45) is 0. The first-order valence-electron chi connectivity index (χ1n) is 7.92. The highest BCUT2D eigenvalue weighted by atomic mass is 35.5. The third-order valence-corrected chi connectivity index (χ3v) is 4.99. The second-order valence-corrected chi connectivity index (χ2v) is 7.37. The molecule has 1 atom stereocenters. The zero-order valence-corrected chi connectivity index (χ0v) is 15.8. The third-order valence-electron chi connectivity index (χ3n) is 3.68. The smallest absolute Gasteiger partial charge is 0.237 e. The number of hydrogen-bond acceptors (Lipinski definition) is 6. The summed E-state index contributed by atoms with van der Waals surface area (Å²) in [7, 11) is 0. The zero-order chi connectivity index (χ0) is 19.4. The number of hydrogen-bond donors (Lipinski definition) is 2. The molecule has 7 nitrogen and oxygen atoms in total. The van der Waals surface area contributed by atoms with Crippen molar-refractivity contribution < 1.29 is 4.79 Å². The molecule has 9 heteroatoms. The van der Waals surface area contributed by atoms with Crippen molar-refractivity contribution in [2.45, 2.75) is 17.3 Å². The molecule has 2 aromatic carbocycles. The van der Waals surface area contributed by atoms with Gasteiger partial charge in [-0.1, -0.05) is 29.4 Å². The number of aromatic nitrogens is 3. The summed E-state index contributed by atoms with van der Waals surface area (Å²) >= 11 is 7.08. The summed E-state index contributed by atoms with van der Waals surface area (Å²) < 4.78 is 1.34. The Morgan fingerprint density at radius 3 is 2.74 bits per heavy atom. The van der Waals surface area contributed by atoms with Crippen molar-refractivity contribution in [1.29, 1.82) is 5.26 Å². The van der Waals surface area contributed by atoms with Gasteiger partial charge in [0.15, 0.2) is 5.82 Å². The summed E-state index contributed by atoms with van der Waals surface area (Å²) in [5.41, 5.74) is 1.80. The summed E-state index contributed by atoms with van der Waals surface area (Å²) in [6.45, 7) is 1.74. The zero-order valence-electron chi connectivity index (χ0n) is 14.3. The number of nitrogens with one attached hydrogen (secondary N) is 1. The fraction of sp³-hybridized carbons (Fsp3) is 0.111. The van der Waals surface area contributed by atoms with Crippen LogP contribution in [0.25, 0.3) is 11.4 Å². The molecule has 136 valence electrons. The van der Waals surface area contributed by atoms with Crippen LogP contribution in [0.2, 0.25) is 5.02 Å².